The number of hydrogen-bond acceptors (Lipinski definition) is 2. The Morgan fingerprint density at radius 1 is 0.941 bits per heavy atom. The van der Waals surface area contributed by atoms with Crippen LogP contribution in [-0.2, 0) is 6.42 Å². The van der Waals surface area contributed by atoms with Gasteiger partial charge in [-0.05, 0) is 37.1 Å². The highest BCUT2D eigenvalue weighted by molar-refractivity contribution is 5.46. The second-order valence-corrected chi connectivity index (χ2v) is 4.43. The second-order valence-electron chi connectivity index (χ2n) is 4.43. The van der Waals surface area contributed by atoms with Gasteiger partial charge in [-0.1, -0.05) is 29.8 Å². The highest BCUT2D eigenvalue weighted by Crippen LogP contribution is 2.28. The van der Waals surface area contributed by atoms with Crippen LogP contribution in [0.1, 0.15) is 22.3 Å². The zero-order chi connectivity index (χ0) is 12.4. The summed E-state index contributed by atoms with van der Waals surface area (Å²) in [5, 5.41) is 19.5. The van der Waals surface area contributed by atoms with Gasteiger partial charge in [-0.25, -0.2) is 0 Å². The van der Waals surface area contributed by atoms with E-state index in [0.717, 1.165) is 11.1 Å². The average Bonchev–Trinajstić information content (AvgIpc) is 2.26. The van der Waals surface area contributed by atoms with Crippen molar-refractivity contribution in [2.45, 2.75) is 20.3 Å². The second kappa shape index (κ2) is 4.50. The van der Waals surface area contributed by atoms with Gasteiger partial charge in [0, 0.05) is 12.0 Å². The molecule has 0 saturated carbocycles. The Kier molecular flexibility index (Phi) is 3.05. The molecule has 2 nitrogen and oxygen atoms in total. The summed E-state index contributed by atoms with van der Waals surface area (Å²) >= 11 is 0. The Morgan fingerprint density at radius 2 is 1.71 bits per heavy atom. The summed E-state index contributed by atoms with van der Waals surface area (Å²) in [5.41, 5.74) is 3.76. The van der Waals surface area contributed by atoms with E-state index in [2.05, 4.69) is 6.07 Å². The molecule has 17 heavy (non-hydrogen) atoms. The van der Waals surface area contributed by atoms with Gasteiger partial charge in [0.2, 0.25) is 0 Å². The van der Waals surface area contributed by atoms with Crippen molar-refractivity contribution in [2.75, 3.05) is 0 Å². The maximum absolute atomic E-state index is 9.84. The van der Waals surface area contributed by atoms with E-state index in [1.54, 1.807) is 19.1 Å². The van der Waals surface area contributed by atoms with Crippen LogP contribution in [0.15, 0.2) is 36.4 Å². The van der Waals surface area contributed by atoms with Gasteiger partial charge in [0.05, 0.1) is 0 Å². The van der Waals surface area contributed by atoms with Crippen LogP contribution in [0.25, 0.3) is 0 Å². The number of aryl methyl sites for hydroxylation is 2. The van der Waals surface area contributed by atoms with Gasteiger partial charge in [0.25, 0.3) is 0 Å². The molecule has 88 valence electrons. The van der Waals surface area contributed by atoms with Crippen LogP contribution in [0.2, 0.25) is 0 Å². The topological polar surface area (TPSA) is 40.5 Å². The summed E-state index contributed by atoms with van der Waals surface area (Å²) in [5.74, 6) is 0.465. The maximum Gasteiger partial charge on any atom is 0.119 e. The Balaban J connectivity index is 2.33. The van der Waals surface area contributed by atoms with E-state index in [9.17, 15) is 10.2 Å². The van der Waals surface area contributed by atoms with Crippen molar-refractivity contribution < 1.29 is 10.2 Å². The Labute approximate surface area is 101 Å². The van der Waals surface area contributed by atoms with E-state index in [1.807, 2.05) is 25.1 Å². The molecule has 0 atom stereocenters. The molecule has 0 saturated heterocycles. The van der Waals surface area contributed by atoms with Crippen molar-refractivity contribution >= 4 is 0 Å². The minimum Gasteiger partial charge on any atom is -0.508 e. The zero-order valence-electron chi connectivity index (χ0n) is 10.1. The first-order chi connectivity index (χ1) is 8.06. The first-order valence-corrected chi connectivity index (χ1v) is 5.63. The molecule has 2 heteroatoms. The van der Waals surface area contributed by atoms with Crippen LogP contribution in [0, 0.1) is 13.8 Å². The lowest BCUT2D eigenvalue weighted by Crippen LogP contribution is -1.90. The van der Waals surface area contributed by atoms with Crippen LogP contribution in [0.3, 0.4) is 0 Å². The number of phenolic OH excluding ortho intramolecular Hbond substituents is 2. The van der Waals surface area contributed by atoms with Gasteiger partial charge >= 0.3 is 0 Å². The molecule has 2 rings (SSSR count). The van der Waals surface area contributed by atoms with Crippen LogP contribution in [-0.4, -0.2) is 10.2 Å². The molecule has 0 radical (unpaired) electrons. The Bertz CT molecular complexity index is 545. The van der Waals surface area contributed by atoms with Gasteiger partial charge in [-0.3, -0.25) is 0 Å². The molecule has 0 fully saturated rings. The van der Waals surface area contributed by atoms with Gasteiger partial charge in [-0.15, -0.1) is 0 Å². The molecule has 2 aromatic carbocycles. The van der Waals surface area contributed by atoms with Gasteiger partial charge < -0.3 is 10.2 Å². The van der Waals surface area contributed by atoms with E-state index in [1.165, 1.54) is 5.56 Å². The largest absolute Gasteiger partial charge is 0.508 e. The molecule has 0 heterocycles. The van der Waals surface area contributed by atoms with E-state index in [0.29, 0.717) is 12.0 Å². The minimum atomic E-state index is 0.227. The standard InChI is InChI=1S/C15H16O2/c1-10-4-3-5-12(6-10)8-13-9-14(16)11(2)7-15(13)17/h3-7,9,16-17H,8H2,1-2H3. The minimum absolute atomic E-state index is 0.227. The van der Waals surface area contributed by atoms with E-state index < -0.39 is 0 Å². The van der Waals surface area contributed by atoms with Crippen molar-refractivity contribution in [3.05, 3.63) is 58.7 Å². The fourth-order valence-electron chi connectivity index (χ4n) is 1.91. The van der Waals surface area contributed by atoms with Gasteiger partial charge in [0.15, 0.2) is 0 Å². The summed E-state index contributed by atoms with van der Waals surface area (Å²) in [6.07, 6.45) is 0.626. The van der Waals surface area contributed by atoms with Crippen molar-refractivity contribution in [1.29, 1.82) is 0 Å². The third kappa shape index (κ3) is 2.59. The third-order valence-electron chi connectivity index (χ3n) is 2.87. The van der Waals surface area contributed by atoms with Crippen molar-refractivity contribution in [1.82, 2.24) is 0 Å². The van der Waals surface area contributed by atoms with Crippen molar-refractivity contribution in [3.63, 3.8) is 0 Å². The molecule has 0 aromatic heterocycles. The molecular weight excluding hydrogens is 212 g/mol. The van der Waals surface area contributed by atoms with Crippen molar-refractivity contribution in [3.8, 4) is 11.5 Å². The molecular formula is C15H16O2. The van der Waals surface area contributed by atoms with Gasteiger partial charge in [0.1, 0.15) is 11.5 Å². The number of hydrogen-bond donors (Lipinski definition) is 2. The highest BCUT2D eigenvalue weighted by Gasteiger charge is 2.06. The predicted octanol–water partition coefficient (Wildman–Crippen LogP) is 3.31. The van der Waals surface area contributed by atoms with Crippen LogP contribution in [0.4, 0.5) is 0 Å². The molecule has 0 aliphatic carbocycles. The zero-order valence-corrected chi connectivity index (χ0v) is 10.1. The number of rotatable bonds is 2. The number of benzene rings is 2. The van der Waals surface area contributed by atoms with Crippen LogP contribution >= 0.6 is 0 Å². The SMILES string of the molecule is Cc1cccc(Cc2cc(O)c(C)cc2O)c1. The smallest absolute Gasteiger partial charge is 0.119 e. The quantitative estimate of drug-likeness (QED) is 0.774. The third-order valence-corrected chi connectivity index (χ3v) is 2.87. The monoisotopic (exact) mass is 228 g/mol. The molecule has 0 amide bonds. The van der Waals surface area contributed by atoms with Crippen LogP contribution in [0.5, 0.6) is 11.5 Å². The first kappa shape index (κ1) is 11.5. The lowest BCUT2D eigenvalue weighted by molar-refractivity contribution is 0.452. The fourth-order valence-corrected chi connectivity index (χ4v) is 1.91. The van der Waals surface area contributed by atoms with E-state index in [4.69, 9.17) is 0 Å². The average molecular weight is 228 g/mol. The highest BCUT2D eigenvalue weighted by atomic mass is 16.3. The summed E-state index contributed by atoms with van der Waals surface area (Å²) in [6.45, 7) is 3.81. The lowest BCUT2D eigenvalue weighted by atomic mass is 10.0. The normalized spacial score (nSPS) is 10.5. The van der Waals surface area contributed by atoms with Crippen molar-refractivity contribution in [2.24, 2.45) is 0 Å². The number of phenols is 2. The van der Waals surface area contributed by atoms with E-state index in [-0.39, 0.29) is 11.5 Å². The predicted molar refractivity (Wildman–Crippen MR) is 68.5 cm³/mol. The Hall–Kier alpha value is -1.96. The lowest BCUT2D eigenvalue weighted by Gasteiger charge is -2.08. The molecule has 2 aromatic rings. The van der Waals surface area contributed by atoms with Gasteiger partial charge in [-0.2, -0.15) is 0 Å². The molecule has 0 aliphatic rings. The summed E-state index contributed by atoms with van der Waals surface area (Å²) in [7, 11) is 0. The maximum atomic E-state index is 9.84. The summed E-state index contributed by atoms with van der Waals surface area (Å²) in [6, 6.07) is 11.4. The first-order valence-electron chi connectivity index (χ1n) is 5.63. The molecule has 0 unspecified atom stereocenters. The Morgan fingerprint density at radius 3 is 2.41 bits per heavy atom. The summed E-state index contributed by atoms with van der Waals surface area (Å²) in [4.78, 5) is 0. The fraction of sp³-hybridized carbons (Fsp3) is 0.200. The molecule has 0 aliphatic heterocycles. The molecule has 2 N–H and O–H groups in total. The molecule has 0 bridgehead atoms. The van der Waals surface area contributed by atoms with E-state index >= 15 is 0 Å². The number of aromatic hydroxyl groups is 2. The van der Waals surface area contributed by atoms with Crippen LogP contribution < -0.4 is 0 Å². The molecule has 0 spiro atoms. The summed E-state index contributed by atoms with van der Waals surface area (Å²) < 4.78 is 0.